The van der Waals surface area contributed by atoms with Gasteiger partial charge in [0.1, 0.15) is 6.04 Å². The van der Waals surface area contributed by atoms with E-state index in [1.54, 1.807) is 7.11 Å². The Labute approximate surface area is 179 Å². The molecule has 2 N–H and O–H groups in total. The van der Waals surface area contributed by atoms with E-state index in [-0.39, 0.29) is 35.8 Å². The van der Waals surface area contributed by atoms with Gasteiger partial charge < -0.3 is 15.4 Å². The van der Waals surface area contributed by atoms with Gasteiger partial charge in [0.25, 0.3) is 5.91 Å². The average molecular weight is 418 g/mol. The summed E-state index contributed by atoms with van der Waals surface area (Å²) in [5.41, 5.74) is 1.00. The van der Waals surface area contributed by atoms with E-state index >= 15 is 0 Å². The quantitative estimate of drug-likeness (QED) is 0.678. The molecule has 1 aromatic carbocycles. The number of hydroxylamine groups is 2. The van der Waals surface area contributed by atoms with Gasteiger partial charge in [0, 0.05) is 25.6 Å². The molecule has 7 nitrogen and oxygen atoms in total. The van der Waals surface area contributed by atoms with Crippen LogP contribution in [-0.2, 0) is 19.2 Å². The summed E-state index contributed by atoms with van der Waals surface area (Å²) in [5, 5.41) is 7.87. The summed E-state index contributed by atoms with van der Waals surface area (Å²) in [6.07, 6.45) is 3.68. The van der Waals surface area contributed by atoms with Crippen molar-refractivity contribution < 1.29 is 19.2 Å². The molecule has 0 bridgehead atoms. The van der Waals surface area contributed by atoms with Crippen LogP contribution in [0.3, 0.4) is 0 Å². The number of benzene rings is 1. The van der Waals surface area contributed by atoms with Gasteiger partial charge in [-0.25, -0.2) is 5.06 Å². The number of methoxy groups -OCH3 is 1. The molecule has 0 spiro atoms. The topological polar surface area (TPSA) is 79.9 Å². The fourth-order valence-corrected chi connectivity index (χ4v) is 4.42. The number of amides is 2. The van der Waals surface area contributed by atoms with E-state index in [4.69, 9.17) is 9.57 Å². The second kappa shape index (κ2) is 10.9. The van der Waals surface area contributed by atoms with Gasteiger partial charge >= 0.3 is 0 Å². The molecule has 0 aliphatic carbocycles. The van der Waals surface area contributed by atoms with Crippen LogP contribution in [0.1, 0.15) is 51.0 Å². The molecule has 30 heavy (non-hydrogen) atoms. The maximum absolute atomic E-state index is 13.3. The highest BCUT2D eigenvalue weighted by Gasteiger charge is 2.37. The number of hydrogen-bond donors (Lipinski definition) is 2. The summed E-state index contributed by atoms with van der Waals surface area (Å²) in [7, 11) is 1.64. The molecule has 0 aromatic heterocycles. The van der Waals surface area contributed by atoms with Crippen molar-refractivity contribution in [1.82, 2.24) is 15.7 Å². The lowest BCUT2D eigenvalue weighted by Gasteiger charge is -2.34. The molecule has 166 valence electrons. The first-order valence-electron chi connectivity index (χ1n) is 11.1. The van der Waals surface area contributed by atoms with E-state index in [1.165, 1.54) is 5.06 Å². The van der Waals surface area contributed by atoms with Crippen molar-refractivity contribution in [2.75, 3.05) is 26.8 Å². The van der Waals surface area contributed by atoms with Crippen LogP contribution in [0, 0.1) is 5.92 Å². The van der Waals surface area contributed by atoms with Gasteiger partial charge in [-0.15, -0.1) is 0 Å². The van der Waals surface area contributed by atoms with E-state index < -0.39 is 6.04 Å². The third-order valence-corrected chi connectivity index (χ3v) is 6.31. The van der Waals surface area contributed by atoms with Crippen LogP contribution in [0.25, 0.3) is 0 Å². The molecule has 2 aliphatic rings. The van der Waals surface area contributed by atoms with Crippen LogP contribution >= 0.6 is 0 Å². The maximum atomic E-state index is 13.3. The number of ether oxygens (including phenoxy) is 1. The smallest absolute Gasteiger partial charge is 0.269 e. The van der Waals surface area contributed by atoms with E-state index in [0.717, 1.165) is 37.8 Å². The maximum Gasteiger partial charge on any atom is 0.269 e. The molecule has 7 heteroatoms. The SMILES string of the molecule is CO[C@@H]([C@@H]1CCCN1)[C@@H](C)C(=O)N[C@H](C(=O)N1CCCCO1)[C@@H](C)c1ccccc1. The Hall–Kier alpha value is -1.96. The van der Waals surface area contributed by atoms with E-state index in [2.05, 4.69) is 10.6 Å². The minimum Gasteiger partial charge on any atom is -0.379 e. The van der Waals surface area contributed by atoms with Gasteiger partial charge in [0.15, 0.2) is 0 Å². The minimum atomic E-state index is -0.700. The number of hydrogen-bond acceptors (Lipinski definition) is 5. The zero-order valence-electron chi connectivity index (χ0n) is 18.3. The standard InChI is InChI=1S/C23H35N3O4/c1-16(18-10-5-4-6-11-18)20(23(28)26-14-7-8-15-30-26)25-22(27)17(2)21(29-3)19-12-9-13-24-19/h4-6,10-11,16-17,19-21,24H,7-9,12-15H2,1-3H3,(H,25,27)/t16-,17+,19-,20-,21+/m0/s1. The van der Waals surface area contributed by atoms with Crippen molar-refractivity contribution >= 4 is 11.8 Å². The van der Waals surface area contributed by atoms with Crippen LogP contribution in [0.5, 0.6) is 0 Å². The lowest BCUT2D eigenvalue weighted by molar-refractivity contribution is -0.200. The summed E-state index contributed by atoms with van der Waals surface area (Å²) in [6, 6.07) is 9.26. The first-order chi connectivity index (χ1) is 14.5. The number of nitrogens with zero attached hydrogens (tertiary/aromatic N) is 1. The second-order valence-corrected chi connectivity index (χ2v) is 8.36. The van der Waals surface area contributed by atoms with Crippen LogP contribution in [-0.4, -0.2) is 61.9 Å². The summed E-state index contributed by atoms with van der Waals surface area (Å²) >= 11 is 0. The highest BCUT2D eigenvalue weighted by molar-refractivity contribution is 5.89. The van der Waals surface area contributed by atoms with Crippen molar-refractivity contribution in [1.29, 1.82) is 0 Å². The number of carbonyl (C=O) groups is 2. The lowest BCUT2D eigenvalue weighted by atomic mass is 9.90. The van der Waals surface area contributed by atoms with Crippen LogP contribution in [0.15, 0.2) is 30.3 Å². The average Bonchev–Trinajstić information content (AvgIpc) is 3.32. The molecule has 0 unspecified atom stereocenters. The van der Waals surface area contributed by atoms with Crippen molar-refractivity contribution in [3.63, 3.8) is 0 Å². The van der Waals surface area contributed by atoms with Gasteiger partial charge in [-0.2, -0.15) is 0 Å². The van der Waals surface area contributed by atoms with Crippen molar-refractivity contribution in [3.05, 3.63) is 35.9 Å². The van der Waals surface area contributed by atoms with Crippen molar-refractivity contribution in [2.45, 2.75) is 63.6 Å². The van der Waals surface area contributed by atoms with E-state index in [9.17, 15) is 9.59 Å². The van der Waals surface area contributed by atoms with Crippen LogP contribution in [0.4, 0.5) is 0 Å². The highest BCUT2D eigenvalue weighted by Crippen LogP contribution is 2.24. The molecule has 0 saturated carbocycles. The van der Waals surface area contributed by atoms with Crippen LogP contribution < -0.4 is 10.6 Å². The predicted molar refractivity (Wildman–Crippen MR) is 115 cm³/mol. The number of nitrogens with one attached hydrogen (secondary N) is 2. The Balaban J connectivity index is 1.76. The van der Waals surface area contributed by atoms with Gasteiger partial charge in [0.05, 0.1) is 18.6 Å². The zero-order chi connectivity index (χ0) is 21.5. The van der Waals surface area contributed by atoms with Crippen molar-refractivity contribution in [2.24, 2.45) is 5.92 Å². The Morgan fingerprint density at radius 3 is 2.57 bits per heavy atom. The molecule has 5 atom stereocenters. The number of carbonyl (C=O) groups excluding carboxylic acids is 2. The Kier molecular flexibility index (Phi) is 8.24. The van der Waals surface area contributed by atoms with E-state index in [0.29, 0.717) is 13.2 Å². The monoisotopic (exact) mass is 417 g/mol. The predicted octanol–water partition coefficient (Wildman–Crippen LogP) is 2.23. The summed E-state index contributed by atoms with van der Waals surface area (Å²) in [6.45, 7) is 5.86. The molecule has 1 aromatic rings. The molecule has 2 saturated heterocycles. The third kappa shape index (κ3) is 5.39. The van der Waals surface area contributed by atoms with Gasteiger partial charge in [-0.1, -0.05) is 44.2 Å². The summed E-state index contributed by atoms with van der Waals surface area (Å²) in [4.78, 5) is 32.1. The number of rotatable bonds is 8. The fraction of sp³-hybridized carbons (Fsp3) is 0.652. The summed E-state index contributed by atoms with van der Waals surface area (Å²) in [5.74, 6) is -0.939. The first kappa shape index (κ1) is 22.7. The van der Waals surface area contributed by atoms with Crippen LogP contribution in [0.2, 0.25) is 0 Å². The second-order valence-electron chi connectivity index (χ2n) is 8.36. The van der Waals surface area contributed by atoms with Gasteiger partial charge in [0.2, 0.25) is 5.91 Å². The molecule has 2 heterocycles. The zero-order valence-corrected chi connectivity index (χ0v) is 18.3. The first-order valence-corrected chi connectivity index (χ1v) is 11.1. The minimum absolute atomic E-state index is 0.155. The Bertz CT molecular complexity index is 687. The van der Waals surface area contributed by atoms with Gasteiger partial charge in [-0.3, -0.25) is 14.4 Å². The van der Waals surface area contributed by atoms with E-state index in [1.807, 2.05) is 44.2 Å². The molecular formula is C23H35N3O4. The molecular weight excluding hydrogens is 382 g/mol. The van der Waals surface area contributed by atoms with Gasteiger partial charge in [-0.05, 0) is 37.8 Å². The fourth-order valence-electron chi connectivity index (χ4n) is 4.42. The van der Waals surface area contributed by atoms with Crippen molar-refractivity contribution in [3.8, 4) is 0 Å². The lowest BCUT2D eigenvalue weighted by Crippen LogP contribution is -2.55. The Morgan fingerprint density at radius 2 is 1.97 bits per heavy atom. The molecule has 3 rings (SSSR count). The third-order valence-electron chi connectivity index (χ3n) is 6.31. The highest BCUT2D eigenvalue weighted by atomic mass is 16.7. The molecule has 0 radical (unpaired) electrons. The largest absolute Gasteiger partial charge is 0.379 e. The molecule has 2 fully saturated rings. The molecule has 2 amide bonds. The summed E-state index contributed by atoms with van der Waals surface area (Å²) < 4.78 is 5.68. The molecule has 2 aliphatic heterocycles. The Morgan fingerprint density at radius 1 is 1.20 bits per heavy atom. The normalized spacial score (nSPS) is 23.4.